The van der Waals surface area contributed by atoms with Crippen LogP contribution in [0.25, 0.3) is 0 Å². The molecule has 0 atom stereocenters. The van der Waals surface area contributed by atoms with Gasteiger partial charge in [0.2, 0.25) is 10.0 Å². The number of nitrogens with one attached hydrogen (secondary N) is 2. The van der Waals surface area contributed by atoms with Crippen LogP contribution in [0.15, 0.2) is 73.2 Å². The third-order valence-corrected chi connectivity index (χ3v) is 5.35. The van der Waals surface area contributed by atoms with Crippen molar-refractivity contribution >= 4 is 21.5 Å². The Bertz CT molecular complexity index is 931. The van der Waals surface area contributed by atoms with Gasteiger partial charge in [0.05, 0.1) is 17.6 Å². The van der Waals surface area contributed by atoms with Crippen molar-refractivity contribution in [2.24, 2.45) is 0 Å². The SMILES string of the molecule is O=S(=O)(CCCc1ccccc1)Nc1ccc(NCc2ccncc2)nc1. The number of anilines is 2. The van der Waals surface area contributed by atoms with Gasteiger partial charge in [0.15, 0.2) is 0 Å². The summed E-state index contributed by atoms with van der Waals surface area (Å²) in [4.78, 5) is 8.23. The molecule has 0 bridgehead atoms. The van der Waals surface area contributed by atoms with E-state index in [1.165, 1.54) is 6.20 Å². The first-order valence-electron chi connectivity index (χ1n) is 8.74. The van der Waals surface area contributed by atoms with Crippen molar-refractivity contribution < 1.29 is 8.42 Å². The van der Waals surface area contributed by atoms with Crippen LogP contribution in [0.3, 0.4) is 0 Å². The first-order valence-corrected chi connectivity index (χ1v) is 10.4. The molecule has 7 heteroatoms. The molecule has 0 spiro atoms. The first kappa shape index (κ1) is 18.8. The smallest absolute Gasteiger partial charge is 0.232 e. The molecule has 6 nitrogen and oxygen atoms in total. The Labute approximate surface area is 159 Å². The second kappa shape index (κ2) is 9.14. The average molecular weight is 382 g/mol. The number of hydrogen-bond donors (Lipinski definition) is 2. The van der Waals surface area contributed by atoms with Crippen LogP contribution in [0, 0.1) is 0 Å². The van der Waals surface area contributed by atoms with E-state index in [9.17, 15) is 8.42 Å². The highest BCUT2D eigenvalue weighted by atomic mass is 32.2. The van der Waals surface area contributed by atoms with Crippen molar-refractivity contribution in [2.45, 2.75) is 19.4 Å². The monoisotopic (exact) mass is 382 g/mol. The summed E-state index contributed by atoms with van der Waals surface area (Å²) in [6, 6.07) is 17.2. The molecule has 1 aromatic carbocycles. The summed E-state index contributed by atoms with van der Waals surface area (Å²) >= 11 is 0. The number of sulfonamides is 1. The van der Waals surface area contributed by atoms with Gasteiger partial charge >= 0.3 is 0 Å². The standard InChI is InChI=1S/C20H22N4O2S/c25-27(26,14-4-7-17-5-2-1-3-6-17)24-19-8-9-20(23-16-19)22-15-18-10-12-21-13-11-18/h1-3,5-6,8-13,16,24H,4,7,14-15H2,(H,22,23). The fraction of sp³-hybridized carbons (Fsp3) is 0.200. The molecule has 0 fully saturated rings. The molecule has 0 unspecified atom stereocenters. The van der Waals surface area contributed by atoms with Crippen LogP contribution < -0.4 is 10.0 Å². The minimum atomic E-state index is -3.39. The maximum absolute atomic E-state index is 12.2. The fourth-order valence-electron chi connectivity index (χ4n) is 2.59. The van der Waals surface area contributed by atoms with Crippen LogP contribution in [0.2, 0.25) is 0 Å². The quantitative estimate of drug-likeness (QED) is 0.592. The Kier molecular flexibility index (Phi) is 6.38. The molecule has 0 amide bonds. The van der Waals surface area contributed by atoms with Gasteiger partial charge in [-0.3, -0.25) is 9.71 Å². The predicted molar refractivity (Wildman–Crippen MR) is 108 cm³/mol. The van der Waals surface area contributed by atoms with Crippen molar-refractivity contribution in [3.05, 3.63) is 84.3 Å². The van der Waals surface area contributed by atoms with Gasteiger partial charge in [0.25, 0.3) is 0 Å². The summed E-state index contributed by atoms with van der Waals surface area (Å²) in [5.74, 6) is 0.753. The van der Waals surface area contributed by atoms with E-state index < -0.39 is 10.0 Å². The van der Waals surface area contributed by atoms with Crippen LogP contribution in [0.1, 0.15) is 17.5 Å². The lowest BCUT2D eigenvalue weighted by Gasteiger charge is -2.09. The number of rotatable bonds is 9. The highest BCUT2D eigenvalue weighted by Gasteiger charge is 2.10. The summed E-state index contributed by atoms with van der Waals surface area (Å²) in [7, 11) is -3.39. The van der Waals surface area contributed by atoms with Gasteiger partial charge in [-0.2, -0.15) is 0 Å². The summed E-state index contributed by atoms with van der Waals surface area (Å²) in [6.07, 6.45) is 6.29. The van der Waals surface area contributed by atoms with E-state index in [2.05, 4.69) is 20.0 Å². The van der Waals surface area contributed by atoms with Crippen molar-refractivity contribution in [3.63, 3.8) is 0 Å². The van der Waals surface area contributed by atoms with Crippen LogP contribution in [0.4, 0.5) is 11.5 Å². The highest BCUT2D eigenvalue weighted by molar-refractivity contribution is 7.92. The third kappa shape index (κ3) is 6.38. The largest absolute Gasteiger partial charge is 0.366 e. The number of pyridine rings is 2. The lowest BCUT2D eigenvalue weighted by Crippen LogP contribution is -2.17. The molecule has 0 aliphatic carbocycles. The topological polar surface area (TPSA) is 84.0 Å². The van der Waals surface area contributed by atoms with E-state index in [1.807, 2.05) is 42.5 Å². The van der Waals surface area contributed by atoms with Crippen molar-refractivity contribution in [3.8, 4) is 0 Å². The summed E-state index contributed by atoms with van der Waals surface area (Å²) < 4.78 is 27.0. The Balaban J connectivity index is 1.47. The zero-order chi connectivity index (χ0) is 19.0. The maximum Gasteiger partial charge on any atom is 0.232 e. The van der Waals surface area contributed by atoms with E-state index in [1.54, 1.807) is 24.5 Å². The van der Waals surface area contributed by atoms with E-state index in [4.69, 9.17) is 0 Å². The summed E-state index contributed by atoms with van der Waals surface area (Å²) in [6.45, 7) is 0.625. The lowest BCUT2D eigenvalue weighted by molar-refractivity contribution is 0.598. The van der Waals surface area contributed by atoms with Crippen molar-refractivity contribution in [2.75, 3.05) is 15.8 Å². The minimum Gasteiger partial charge on any atom is -0.366 e. The van der Waals surface area contributed by atoms with Gasteiger partial charge in [-0.25, -0.2) is 13.4 Å². The molecule has 2 N–H and O–H groups in total. The fourth-order valence-corrected chi connectivity index (χ4v) is 3.70. The van der Waals surface area contributed by atoms with Crippen molar-refractivity contribution in [1.82, 2.24) is 9.97 Å². The zero-order valence-electron chi connectivity index (χ0n) is 14.9. The van der Waals surface area contributed by atoms with E-state index in [0.717, 1.165) is 17.5 Å². The van der Waals surface area contributed by atoms with E-state index >= 15 is 0 Å². The van der Waals surface area contributed by atoms with Gasteiger partial charge < -0.3 is 5.32 Å². The van der Waals surface area contributed by atoms with Gasteiger partial charge in [0.1, 0.15) is 5.82 Å². The molecule has 0 aliphatic rings. The Morgan fingerprint density at radius 3 is 2.37 bits per heavy atom. The second-order valence-corrected chi connectivity index (χ2v) is 7.99. The molecule has 27 heavy (non-hydrogen) atoms. The van der Waals surface area contributed by atoms with Gasteiger partial charge in [-0.15, -0.1) is 0 Å². The maximum atomic E-state index is 12.2. The molecule has 0 aliphatic heterocycles. The van der Waals surface area contributed by atoms with Gasteiger partial charge in [0, 0.05) is 18.9 Å². The predicted octanol–water partition coefficient (Wildman–Crippen LogP) is 3.46. The summed E-state index contributed by atoms with van der Waals surface area (Å²) in [5.41, 5.74) is 2.69. The number of hydrogen-bond acceptors (Lipinski definition) is 5. The molecule has 0 saturated heterocycles. The Morgan fingerprint density at radius 1 is 0.889 bits per heavy atom. The second-order valence-electron chi connectivity index (χ2n) is 6.15. The van der Waals surface area contributed by atoms with Gasteiger partial charge in [-0.1, -0.05) is 30.3 Å². The molecule has 3 aromatic rings. The normalized spacial score (nSPS) is 11.1. The molecule has 3 rings (SSSR count). The Morgan fingerprint density at radius 2 is 1.67 bits per heavy atom. The van der Waals surface area contributed by atoms with Crippen LogP contribution in [0.5, 0.6) is 0 Å². The van der Waals surface area contributed by atoms with Crippen LogP contribution in [-0.2, 0) is 23.0 Å². The lowest BCUT2D eigenvalue weighted by atomic mass is 10.1. The van der Waals surface area contributed by atoms with Crippen LogP contribution in [-0.4, -0.2) is 24.1 Å². The molecule has 0 radical (unpaired) electrons. The third-order valence-electron chi connectivity index (χ3n) is 3.98. The number of nitrogens with zero attached hydrogens (tertiary/aromatic N) is 2. The molecule has 140 valence electrons. The zero-order valence-corrected chi connectivity index (χ0v) is 15.7. The molecule has 0 saturated carbocycles. The molecular formula is C20H22N4O2S. The minimum absolute atomic E-state index is 0.0734. The van der Waals surface area contributed by atoms with E-state index in [-0.39, 0.29) is 5.75 Å². The van der Waals surface area contributed by atoms with Crippen LogP contribution >= 0.6 is 0 Å². The van der Waals surface area contributed by atoms with Gasteiger partial charge in [-0.05, 0) is 48.2 Å². The van der Waals surface area contributed by atoms with E-state index in [0.29, 0.717) is 24.5 Å². The highest BCUT2D eigenvalue weighted by Crippen LogP contribution is 2.13. The number of aryl methyl sites for hydroxylation is 1. The number of benzene rings is 1. The molecule has 2 aromatic heterocycles. The Hall–Kier alpha value is -2.93. The molecular weight excluding hydrogens is 360 g/mol. The number of aromatic nitrogens is 2. The average Bonchev–Trinajstić information content (AvgIpc) is 2.69. The molecule has 2 heterocycles. The van der Waals surface area contributed by atoms with Crippen molar-refractivity contribution in [1.29, 1.82) is 0 Å². The first-order chi connectivity index (χ1) is 13.1. The summed E-state index contributed by atoms with van der Waals surface area (Å²) in [5, 5.41) is 3.19.